The van der Waals surface area contributed by atoms with E-state index < -0.39 is 0 Å². The molecule has 116 valence electrons. The van der Waals surface area contributed by atoms with Gasteiger partial charge in [-0.25, -0.2) is 9.67 Å². The first kappa shape index (κ1) is 14.7. The number of anilines is 1. The average Bonchev–Trinajstić information content (AvgIpc) is 3.04. The van der Waals surface area contributed by atoms with Crippen molar-refractivity contribution < 1.29 is 9.21 Å². The molecule has 3 rings (SSSR count). The number of aromatic nitrogens is 3. The first-order chi connectivity index (χ1) is 11.1. The Morgan fingerprint density at radius 2 is 2.17 bits per heavy atom. The number of carbonyl (C=O) groups is 1. The third-order valence-electron chi connectivity index (χ3n) is 3.12. The number of nitrogens with zero attached hydrogens (tertiary/aromatic N) is 3. The van der Waals surface area contributed by atoms with Crippen molar-refractivity contribution in [1.29, 1.82) is 0 Å². The molecule has 0 saturated heterocycles. The Balaban J connectivity index is 1.78. The van der Waals surface area contributed by atoms with Crippen LogP contribution in [0.2, 0.25) is 0 Å². The fraction of sp³-hybridized carbons (Fsp3) is 0.125. The zero-order chi connectivity index (χ0) is 16.2. The van der Waals surface area contributed by atoms with E-state index in [1.807, 2.05) is 13.0 Å². The van der Waals surface area contributed by atoms with Gasteiger partial charge in [-0.1, -0.05) is 0 Å². The average molecular weight is 310 g/mol. The molecule has 1 amide bonds. The number of amides is 1. The van der Waals surface area contributed by atoms with Gasteiger partial charge in [-0.15, -0.1) is 0 Å². The molecule has 0 aliphatic rings. The molecule has 7 nitrogen and oxygen atoms in total. The van der Waals surface area contributed by atoms with Gasteiger partial charge in [0.1, 0.15) is 18.1 Å². The van der Waals surface area contributed by atoms with Gasteiger partial charge in [-0.3, -0.25) is 9.59 Å². The first-order valence-corrected chi connectivity index (χ1v) is 6.96. The van der Waals surface area contributed by atoms with Crippen LogP contribution >= 0.6 is 0 Å². The predicted molar refractivity (Wildman–Crippen MR) is 83.8 cm³/mol. The maximum absolute atomic E-state index is 12.1. The highest BCUT2D eigenvalue weighted by Crippen LogP contribution is 2.15. The predicted octanol–water partition coefficient (Wildman–Crippen LogP) is 1.85. The van der Waals surface area contributed by atoms with Gasteiger partial charge in [0.15, 0.2) is 5.76 Å². The van der Waals surface area contributed by atoms with E-state index in [0.717, 1.165) is 10.2 Å². The number of hydrogen-bond acceptors (Lipinski definition) is 5. The molecule has 0 fully saturated rings. The first-order valence-electron chi connectivity index (χ1n) is 6.96. The molecular formula is C16H14N4O3. The van der Waals surface area contributed by atoms with Crippen LogP contribution in [0.25, 0.3) is 11.5 Å². The molecule has 7 heteroatoms. The summed E-state index contributed by atoms with van der Waals surface area (Å²) in [6, 6.07) is 9.93. The molecule has 0 aromatic carbocycles. The lowest BCUT2D eigenvalue weighted by atomic mass is 10.3. The standard InChI is InChI=1S/C16H14N4O3/c1-11-6-7-17-14(9-11)18-15(21)10-20-16(22)5-4-12(19-20)13-3-2-8-23-13/h2-9H,10H2,1H3,(H,17,18,21). The highest BCUT2D eigenvalue weighted by Gasteiger charge is 2.10. The molecule has 0 bridgehead atoms. The Hall–Kier alpha value is -3.22. The molecule has 1 N–H and O–H groups in total. The van der Waals surface area contributed by atoms with Gasteiger partial charge in [-0.2, -0.15) is 5.10 Å². The summed E-state index contributed by atoms with van der Waals surface area (Å²) in [7, 11) is 0. The lowest BCUT2D eigenvalue weighted by Crippen LogP contribution is -2.29. The van der Waals surface area contributed by atoms with Gasteiger partial charge in [0.2, 0.25) is 5.91 Å². The van der Waals surface area contributed by atoms with Crippen LogP contribution in [0.4, 0.5) is 5.82 Å². The van der Waals surface area contributed by atoms with E-state index >= 15 is 0 Å². The number of furan rings is 1. The van der Waals surface area contributed by atoms with Crippen LogP contribution in [0.5, 0.6) is 0 Å². The van der Waals surface area contributed by atoms with Crippen molar-refractivity contribution in [2.24, 2.45) is 0 Å². The number of rotatable bonds is 4. The van der Waals surface area contributed by atoms with Crippen LogP contribution in [0, 0.1) is 6.92 Å². The van der Waals surface area contributed by atoms with Crippen molar-refractivity contribution in [2.45, 2.75) is 13.5 Å². The molecule has 0 radical (unpaired) electrons. The second-order valence-electron chi connectivity index (χ2n) is 4.96. The molecule has 3 aromatic rings. The smallest absolute Gasteiger partial charge is 0.267 e. The van der Waals surface area contributed by atoms with E-state index in [4.69, 9.17) is 4.42 Å². The van der Waals surface area contributed by atoms with Crippen LogP contribution in [0.1, 0.15) is 5.56 Å². The van der Waals surface area contributed by atoms with Crippen LogP contribution in [0.15, 0.2) is 58.1 Å². The molecule has 3 heterocycles. The van der Waals surface area contributed by atoms with Crippen LogP contribution in [-0.2, 0) is 11.3 Å². The molecule has 23 heavy (non-hydrogen) atoms. The summed E-state index contributed by atoms with van der Waals surface area (Å²) in [6.07, 6.45) is 3.12. The van der Waals surface area contributed by atoms with E-state index in [1.165, 1.54) is 12.3 Å². The van der Waals surface area contributed by atoms with E-state index in [2.05, 4.69) is 15.4 Å². The second-order valence-corrected chi connectivity index (χ2v) is 4.96. The van der Waals surface area contributed by atoms with Crippen molar-refractivity contribution in [3.8, 4) is 11.5 Å². The van der Waals surface area contributed by atoms with E-state index in [-0.39, 0.29) is 18.0 Å². The molecule has 0 aliphatic heterocycles. The van der Waals surface area contributed by atoms with Gasteiger partial charge in [-0.05, 0) is 42.8 Å². The molecule has 0 spiro atoms. The van der Waals surface area contributed by atoms with Crippen LogP contribution < -0.4 is 10.9 Å². The monoisotopic (exact) mass is 310 g/mol. The summed E-state index contributed by atoms with van der Waals surface area (Å²) in [5.74, 6) is 0.582. The van der Waals surface area contributed by atoms with E-state index in [0.29, 0.717) is 17.3 Å². The van der Waals surface area contributed by atoms with Gasteiger partial charge in [0.25, 0.3) is 5.56 Å². The summed E-state index contributed by atoms with van der Waals surface area (Å²) in [6.45, 7) is 1.69. The molecule has 3 aromatic heterocycles. The quantitative estimate of drug-likeness (QED) is 0.794. The zero-order valence-corrected chi connectivity index (χ0v) is 12.4. The van der Waals surface area contributed by atoms with Gasteiger partial charge in [0, 0.05) is 12.3 Å². The zero-order valence-electron chi connectivity index (χ0n) is 12.4. The van der Waals surface area contributed by atoms with Crippen molar-refractivity contribution in [1.82, 2.24) is 14.8 Å². The fourth-order valence-corrected chi connectivity index (χ4v) is 2.04. The summed E-state index contributed by atoms with van der Waals surface area (Å²) in [5.41, 5.74) is 1.09. The van der Waals surface area contributed by atoms with Crippen molar-refractivity contribution in [3.05, 3.63) is 64.8 Å². The SMILES string of the molecule is Cc1ccnc(NC(=O)Cn2nc(-c3ccco3)ccc2=O)c1. The number of hydrogen-bond donors (Lipinski definition) is 1. The largest absolute Gasteiger partial charge is 0.463 e. The summed E-state index contributed by atoms with van der Waals surface area (Å²) < 4.78 is 6.33. The number of aryl methyl sites for hydroxylation is 1. The topological polar surface area (TPSA) is 90.0 Å². The molecule has 0 unspecified atom stereocenters. The molecule has 0 atom stereocenters. The third kappa shape index (κ3) is 3.52. The van der Waals surface area contributed by atoms with Crippen LogP contribution in [-0.4, -0.2) is 20.7 Å². The van der Waals surface area contributed by atoms with Crippen LogP contribution in [0.3, 0.4) is 0 Å². The van der Waals surface area contributed by atoms with Crippen molar-refractivity contribution in [2.75, 3.05) is 5.32 Å². The minimum Gasteiger partial charge on any atom is -0.463 e. The summed E-state index contributed by atoms with van der Waals surface area (Å²) in [4.78, 5) is 28.0. The Kier molecular flexibility index (Phi) is 4.01. The van der Waals surface area contributed by atoms with Crippen molar-refractivity contribution >= 4 is 11.7 Å². The molecule has 0 saturated carbocycles. The summed E-state index contributed by atoms with van der Waals surface area (Å²) >= 11 is 0. The van der Waals surface area contributed by atoms with E-state index in [9.17, 15) is 9.59 Å². The number of nitrogens with one attached hydrogen (secondary N) is 1. The van der Waals surface area contributed by atoms with Gasteiger partial charge in [0.05, 0.1) is 6.26 Å². The third-order valence-corrected chi connectivity index (χ3v) is 3.12. The maximum Gasteiger partial charge on any atom is 0.267 e. The molecular weight excluding hydrogens is 296 g/mol. The molecule has 0 aliphatic carbocycles. The summed E-state index contributed by atoms with van der Waals surface area (Å²) in [5, 5.41) is 6.78. The highest BCUT2D eigenvalue weighted by atomic mass is 16.3. The Labute approximate surface area is 131 Å². The lowest BCUT2D eigenvalue weighted by Gasteiger charge is -2.07. The Morgan fingerprint density at radius 1 is 1.30 bits per heavy atom. The van der Waals surface area contributed by atoms with Crippen molar-refractivity contribution in [3.63, 3.8) is 0 Å². The Bertz CT molecular complexity index is 884. The minimum atomic E-state index is -0.380. The highest BCUT2D eigenvalue weighted by molar-refractivity contribution is 5.89. The second kappa shape index (κ2) is 6.27. The normalized spacial score (nSPS) is 10.5. The number of pyridine rings is 1. The lowest BCUT2D eigenvalue weighted by molar-refractivity contribution is -0.117. The maximum atomic E-state index is 12.1. The number of carbonyl (C=O) groups excluding carboxylic acids is 1. The van der Waals surface area contributed by atoms with Gasteiger partial charge >= 0.3 is 0 Å². The fourth-order valence-electron chi connectivity index (χ4n) is 2.04. The Morgan fingerprint density at radius 3 is 2.91 bits per heavy atom. The van der Waals surface area contributed by atoms with Gasteiger partial charge < -0.3 is 9.73 Å². The minimum absolute atomic E-state index is 0.205. The van der Waals surface area contributed by atoms with E-state index in [1.54, 1.807) is 30.5 Å².